The molecule has 1 aromatic heterocycles. The minimum Gasteiger partial charge on any atom is -0.302 e. The molecule has 90 valence electrons. The van der Waals surface area contributed by atoms with Gasteiger partial charge >= 0.3 is 0 Å². The normalized spacial score (nSPS) is 11.1. The fraction of sp³-hybridized carbons (Fsp3) is 0.667. The highest BCUT2D eigenvalue weighted by Crippen LogP contribution is 1.96. The summed E-state index contributed by atoms with van der Waals surface area (Å²) in [6, 6.07) is 0.482. The zero-order valence-electron chi connectivity index (χ0n) is 9.84. The van der Waals surface area contributed by atoms with E-state index in [1.54, 1.807) is 10.9 Å². The van der Waals surface area contributed by atoms with Gasteiger partial charge in [-0.3, -0.25) is 14.9 Å². The lowest BCUT2D eigenvalue weighted by molar-refractivity contribution is 0.0948. The van der Waals surface area contributed by atoms with Crippen LogP contribution in [0.2, 0.25) is 0 Å². The Balaban J connectivity index is 2.49. The van der Waals surface area contributed by atoms with Crippen molar-refractivity contribution in [3.05, 3.63) is 11.9 Å². The molecule has 1 rings (SSSR count). The Morgan fingerprint density at radius 2 is 2.38 bits per heavy atom. The lowest BCUT2D eigenvalue weighted by Crippen LogP contribution is -2.30. The van der Waals surface area contributed by atoms with E-state index in [2.05, 4.69) is 29.1 Å². The highest BCUT2D eigenvalue weighted by Gasteiger charge is 2.09. The number of nitrogen functional groups attached to an aromatic ring is 1. The van der Waals surface area contributed by atoms with Gasteiger partial charge in [0.25, 0.3) is 5.91 Å². The summed E-state index contributed by atoms with van der Waals surface area (Å²) >= 11 is 0. The van der Waals surface area contributed by atoms with Gasteiger partial charge in [-0.1, -0.05) is 5.21 Å². The van der Waals surface area contributed by atoms with E-state index < -0.39 is 5.91 Å². The largest absolute Gasteiger partial charge is 0.302 e. The van der Waals surface area contributed by atoms with Crippen LogP contribution in [0.15, 0.2) is 6.20 Å². The molecule has 16 heavy (non-hydrogen) atoms. The van der Waals surface area contributed by atoms with Crippen molar-refractivity contribution in [1.82, 2.24) is 25.3 Å². The standard InChI is InChI=1S/C9H18N6O/c1-7(2)14(3)4-5-15-6-8(12-13-15)9(16)11-10/h6-7H,4-5,10H2,1-3H3,(H,11,16). The number of carbonyl (C=O) groups is 1. The van der Waals surface area contributed by atoms with Crippen molar-refractivity contribution in [3.8, 4) is 0 Å². The zero-order chi connectivity index (χ0) is 12.1. The molecule has 7 nitrogen and oxygen atoms in total. The van der Waals surface area contributed by atoms with Gasteiger partial charge in [0.1, 0.15) is 0 Å². The molecular weight excluding hydrogens is 208 g/mol. The summed E-state index contributed by atoms with van der Waals surface area (Å²) in [4.78, 5) is 13.3. The number of nitrogens with one attached hydrogen (secondary N) is 1. The van der Waals surface area contributed by atoms with E-state index in [0.717, 1.165) is 6.54 Å². The second-order valence-corrected chi connectivity index (χ2v) is 3.91. The van der Waals surface area contributed by atoms with Crippen molar-refractivity contribution in [3.63, 3.8) is 0 Å². The summed E-state index contributed by atoms with van der Waals surface area (Å²) in [6.45, 7) is 5.79. The third kappa shape index (κ3) is 3.28. The molecule has 0 saturated carbocycles. The van der Waals surface area contributed by atoms with Gasteiger partial charge in [0, 0.05) is 12.6 Å². The first-order valence-electron chi connectivity index (χ1n) is 5.16. The van der Waals surface area contributed by atoms with E-state index >= 15 is 0 Å². The van der Waals surface area contributed by atoms with Crippen molar-refractivity contribution in [1.29, 1.82) is 0 Å². The monoisotopic (exact) mass is 226 g/mol. The van der Waals surface area contributed by atoms with Crippen LogP contribution in [0.25, 0.3) is 0 Å². The molecule has 0 radical (unpaired) electrons. The van der Waals surface area contributed by atoms with Crippen LogP contribution in [0, 0.1) is 0 Å². The summed E-state index contributed by atoms with van der Waals surface area (Å²) in [7, 11) is 2.04. The predicted molar refractivity (Wildman–Crippen MR) is 59.4 cm³/mol. The lowest BCUT2D eigenvalue weighted by atomic mass is 10.3. The topological polar surface area (TPSA) is 89.1 Å². The Labute approximate surface area is 94.6 Å². The Morgan fingerprint density at radius 3 is 2.94 bits per heavy atom. The molecule has 1 amide bonds. The molecule has 1 aromatic rings. The molecule has 0 saturated heterocycles. The molecule has 0 aliphatic rings. The van der Waals surface area contributed by atoms with E-state index in [1.807, 2.05) is 12.5 Å². The minimum absolute atomic E-state index is 0.231. The second kappa shape index (κ2) is 5.57. The number of nitrogens with zero attached hydrogens (tertiary/aromatic N) is 4. The fourth-order valence-electron chi connectivity index (χ4n) is 1.10. The molecule has 0 spiro atoms. The smallest absolute Gasteiger partial charge is 0.287 e. The van der Waals surface area contributed by atoms with E-state index in [1.165, 1.54) is 0 Å². The third-order valence-electron chi connectivity index (χ3n) is 2.47. The molecule has 1 heterocycles. The maximum atomic E-state index is 11.1. The SMILES string of the molecule is CC(C)N(C)CCn1cc(C(=O)NN)nn1. The number of rotatable bonds is 5. The molecule has 3 N–H and O–H groups in total. The molecular formula is C9H18N6O. The highest BCUT2D eigenvalue weighted by molar-refractivity contribution is 5.91. The number of nitrogens with two attached hydrogens (primary N) is 1. The van der Waals surface area contributed by atoms with Gasteiger partial charge < -0.3 is 4.90 Å². The summed E-state index contributed by atoms with van der Waals surface area (Å²) in [5.41, 5.74) is 2.24. The predicted octanol–water partition coefficient (Wildman–Crippen LogP) is -0.778. The second-order valence-electron chi connectivity index (χ2n) is 3.91. The number of likely N-dealkylation sites (N-methyl/N-ethyl adjacent to an activating group) is 1. The van der Waals surface area contributed by atoms with Crippen LogP contribution in [-0.4, -0.2) is 45.4 Å². The van der Waals surface area contributed by atoms with Gasteiger partial charge in [0.05, 0.1) is 12.7 Å². The van der Waals surface area contributed by atoms with Crippen LogP contribution >= 0.6 is 0 Å². The number of hydrogen-bond acceptors (Lipinski definition) is 5. The molecule has 0 bridgehead atoms. The van der Waals surface area contributed by atoms with E-state index in [0.29, 0.717) is 12.6 Å². The summed E-state index contributed by atoms with van der Waals surface area (Å²) in [6.07, 6.45) is 1.58. The van der Waals surface area contributed by atoms with Gasteiger partial charge in [-0.05, 0) is 20.9 Å². The zero-order valence-corrected chi connectivity index (χ0v) is 9.84. The molecule has 0 aliphatic carbocycles. The first-order valence-corrected chi connectivity index (χ1v) is 5.16. The Morgan fingerprint density at radius 1 is 1.69 bits per heavy atom. The number of aromatic nitrogens is 3. The maximum Gasteiger partial charge on any atom is 0.287 e. The van der Waals surface area contributed by atoms with E-state index in [4.69, 9.17) is 5.84 Å². The van der Waals surface area contributed by atoms with Crippen molar-refractivity contribution in [2.45, 2.75) is 26.4 Å². The number of hydrazine groups is 1. The van der Waals surface area contributed by atoms with Crippen molar-refractivity contribution < 1.29 is 4.79 Å². The average Bonchev–Trinajstić information content (AvgIpc) is 2.73. The van der Waals surface area contributed by atoms with Crippen molar-refractivity contribution in [2.24, 2.45) is 5.84 Å². The fourth-order valence-corrected chi connectivity index (χ4v) is 1.10. The minimum atomic E-state index is -0.427. The lowest BCUT2D eigenvalue weighted by Gasteiger charge is -2.20. The summed E-state index contributed by atoms with van der Waals surface area (Å²) in [5, 5.41) is 7.55. The molecule has 7 heteroatoms. The van der Waals surface area contributed by atoms with Gasteiger partial charge in [-0.2, -0.15) is 0 Å². The van der Waals surface area contributed by atoms with E-state index in [-0.39, 0.29) is 5.69 Å². The molecule has 0 atom stereocenters. The van der Waals surface area contributed by atoms with E-state index in [9.17, 15) is 4.79 Å². The van der Waals surface area contributed by atoms with Gasteiger partial charge in [0.2, 0.25) is 0 Å². The average molecular weight is 226 g/mol. The van der Waals surface area contributed by atoms with Crippen molar-refractivity contribution >= 4 is 5.91 Å². The first kappa shape index (κ1) is 12.6. The van der Waals surface area contributed by atoms with Crippen LogP contribution < -0.4 is 11.3 Å². The summed E-state index contributed by atoms with van der Waals surface area (Å²) in [5.74, 6) is 4.56. The van der Waals surface area contributed by atoms with Crippen LogP contribution in [-0.2, 0) is 6.54 Å². The Bertz CT molecular complexity index is 348. The van der Waals surface area contributed by atoms with Crippen LogP contribution in [0.5, 0.6) is 0 Å². The quantitative estimate of drug-likeness (QED) is 0.390. The van der Waals surface area contributed by atoms with Gasteiger partial charge in [-0.25, -0.2) is 5.84 Å². The molecule has 0 fully saturated rings. The van der Waals surface area contributed by atoms with Gasteiger partial charge in [0.15, 0.2) is 5.69 Å². The first-order chi connectivity index (χ1) is 7.54. The Hall–Kier alpha value is -1.47. The van der Waals surface area contributed by atoms with Gasteiger partial charge in [-0.15, -0.1) is 5.10 Å². The molecule has 0 aliphatic heterocycles. The Kier molecular flexibility index (Phi) is 4.39. The molecule has 0 aromatic carbocycles. The maximum absolute atomic E-state index is 11.1. The van der Waals surface area contributed by atoms with Crippen molar-refractivity contribution in [2.75, 3.05) is 13.6 Å². The number of hydrogen-bond donors (Lipinski definition) is 2. The number of amides is 1. The third-order valence-corrected chi connectivity index (χ3v) is 2.47. The summed E-state index contributed by atoms with van der Waals surface area (Å²) < 4.78 is 1.63. The highest BCUT2D eigenvalue weighted by atomic mass is 16.2. The van der Waals surface area contributed by atoms with Crippen LogP contribution in [0.1, 0.15) is 24.3 Å². The van der Waals surface area contributed by atoms with Crippen LogP contribution in [0.3, 0.4) is 0 Å². The number of carbonyl (C=O) groups excluding carboxylic acids is 1. The van der Waals surface area contributed by atoms with Crippen LogP contribution in [0.4, 0.5) is 0 Å². The molecule has 0 unspecified atom stereocenters.